The van der Waals surface area contributed by atoms with Crippen LogP contribution in [0, 0.1) is 5.92 Å². The molecule has 1 rings (SSSR count). The first-order chi connectivity index (χ1) is 9.38. The van der Waals surface area contributed by atoms with E-state index in [1.165, 1.54) is 64.2 Å². The number of unbranched alkanes of at least 4 members (excludes halogenated alkanes) is 4. The lowest BCUT2D eigenvalue weighted by atomic mass is 9.84. The topological polar surface area (TPSA) is 21.3 Å². The third-order valence-electron chi connectivity index (χ3n) is 4.37. The zero-order valence-electron chi connectivity index (χ0n) is 13.3. The zero-order valence-corrected chi connectivity index (χ0v) is 13.3. The van der Waals surface area contributed by atoms with Gasteiger partial charge in [0.05, 0.1) is 6.61 Å². The summed E-state index contributed by atoms with van der Waals surface area (Å²) in [5.74, 6) is 0.855. The molecule has 2 heteroatoms. The maximum absolute atomic E-state index is 5.92. The van der Waals surface area contributed by atoms with Gasteiger partial charge in [-0.2, -0.15) is 0 Å². The predicted molar refractivity (Wildman–Crippen MR) is 83.6 cm³/mol. The van der Waals surface area contributed by atoms with Crippen LogP contribution in [-0.4, -0.2) is 25.8 Å². The maximum Gasteiger partial charge on any atom is 0.0622 e. The average molecular weight is 269 g/mol. The van der Waals surface area contributed by atoms with Gasteiger partial charge in [0.25, 0.3) is 0 Å². The van der Waals surface area contributed by atoms with E-state index in [2.05, 4.69) is 19.2 Å². The Morgan fingerprint density at radius 1 is 1.00 bits per heavy atom. The molecule has 114 valence electrons. The van der Waals surface area contributed by atoms with Gasteiger partial charge in [-0.3, -0.25) is 0 Å². The second-order valence-electron chi connectivity index (χ2n) is 6.05. The first kappa shape index (κ1) is 17.0. The molecule has 1 atom stereocenters. The first-order valence-electron chi connectivity index (χ1n) is 8.69. The molecule has 0 amide bonds. The van der Waals surface area contributed by atoms with Crippen LogP contribution in [-0.2, 0) is 4.74 Å². The Bertz CT molecular complexity index is 190. The van der Waals surface area contributed by atoms with E-state index >= 15 is 0 Å². The Labute approximate surface area is 120 Å². The Morgan fingerprint density at radius 3 is 2.42 bits per heavy atom. The largest absolute Gasteiger partial charge is 0.380 e. The Balaban J connectivity index is 2.07. The summed E-state index contributed by atoms with van der Waals surface area (Å²) in [5, 5.41) is 3.64. The Kier molecular flexibility index (Phi) is 10.5. The lowest BCUT2D eigenvalue weighted by molar-refractivity contribution is 0.0823. The van der Waals surface area contributed by atoms with Crippen LogP contribution < -0.4 is 5.32 Å². The first-order valence-corrected chi connectivity index (χ1v) is 8.69. The molecule has 0 heterocycles. The highest BCUT2D eigenvalue weighted by Gasteiger charge is 2.22. The molecular formula is C17H35NO. The van der Waals surface area contributed by atoms with E-state index in [9.17, 15) is 0 Å². The zero-order chi connectivity index (χ0) is 13.8. The van der Waals surface area contributed by atoms with Crippen LogP contribution in [0.5, 0.6) is 0 Å². The van der Waals surface area contributed by atoms with Crippen LogP contribution in [0.1, 0.15) is 78.1 Å². The van der Waals surface area contributed by atoms with Crippen molar-refractivity contribution in [3.05, 3.63) is 0 Å². The van der Waals surface area contributed by atoms with Gasteiger partial charge in [0.2, 0.25) is 0 Å². The Hall–Kier alpha value is -0.0800. The van der Waals surface area contributed by atoms with Crippen LogP contribution in [0.2, 0.25) is 0 Å². The number of rotatable bonds is 11. The number of hydrogen-bond donors (Lipinski definition) is 1. The molecule has 0 aromatic rings. The van der Waals surface area contributed by atoms with Gasteiger partial charge in [-0.05, 0) is 31.7 Å². The molecule has 2 nitrogen and oxygen atoms in total. The fourth-order valence-electron chi connectivity index (χ4n) is 3.18. The standard InChI is InChI=1S/C17H35NO/c1-3-5-6-7-11-14-19-15-17(18-4-2)16-12-9-8-10-13-16/h16-18H,3-15H2,1-2H3. The monoisotopic (exact) mass is 269 g/mol. The summed E-state index contributed by atoms with van der Waals surface area (Å²) >= 11 is 0. The molecule has 1 unspecified atom stereocenters. The molecule has 1 aliphatic rings. The molecule has 1 N–H and O–H groups in total. The fraction of sp³-hybridized carbons (Fsp3) is 1.00. The van der Waals surface area contributed by atoms with Gasteiger partial charge < -0.3 is 10.1 Å². The highest BCUT2D eigenvalue weighted by atomic mass is 16.5. The SMILES string of the molecule is CCCCCCCOCC(NCC)C1CCCCC1. The molecule has 0 bridgehead atoms. The van der Waals surface area contributed by atoms with Crippen LogP contribution >= 0.6 is 0 Å². The van der Waals surface area contributed by atoms with Gasteiger partial charge in [-0.25, -0.2) is 0 Å². The van der Waals surface area contributed by atoms with Crippen molar-refractivity contribution in [1.82, 2.24) is 5.32 Å². The highest BCUT2D eigenvalue weighted by Crippen LogP contribution is 2.26. The molecule has 0 saturated heterocycles. The van der Waals surface area contributed by atoms with E-state index in [4.69, 9.17) is 4.74 Å². The van der Waals surface area contributed by atoms with Gasteiger partial charge in [0, 0.05) is 12.6 Å². The Morgan fingerprint density at radius 2 is 1.74 bits per heavy atom. The second kappa shape index (κ2) is 11.7. The minimum absolute atomic E-state index is 0.598. The third kappa shape index (κ3) is 7.94. The second-order valence-corrected chi connectivity index (χ2v) is 6.05. The molecular weight excluding hydrogens is 234 g/mol. The van der Waals surface area contributed by atoms with Crippen molar-refractivity contribution >= 4 is 0 Å². The van der Waals surface area contributed by atoms with E-state index in [1.807, 2.05) is 0 Å². The summed E-state index contributed by atoms with van der Waals surface area (Å²) in [6.07, 6.45) is 13.7. The normalized spacial score (nSPS) is 18.6. The molecule has 1 saturated carbocycles. The van der Waals surface area contributed by atoms with Crippen molar-refractivity contribution in [2.24, 2.45) is 5.92 Å². The summed E-state index contributed by atoms with van der Waals surface area (Å²) in [6.45, 7) is 7.42. The molecule has 0 aromatic carbocycles. The summed E-state index contributed by atoms with van der Waals surface area (Å²) in [7, 11) is 0. The van der Waals surface area contributed by atoms with Crippen LogP contribution in [0.3, 0.4) is 0 Å². The average Bonchev–Trinajstić information content (AvgIpc) is 2.46. The minimum atomic E-state index is 0.598. The maximum atomic E-state index is 5.92. The number of likely N-dealkylation sites (N-methyl/N-ethyl adjacent to an activating group) is 1. The molecule has 1 fully saturated rings. The van der Waals surface area contributed by atoms with Crippen molar-refractivity contribution in [3.63, 3.8) is 0 Å². The van der Waals surface area contributed by atoms with E-state index in [0.29, 0.717) is 6.04 Å². The quantitative estimate of drug-likeness (QED) is 0.556. The van der Waals surface area contributed by atoms with E-state index < -0.39 is 0 Å². The predicted octanol–water partition coefficient (Wildman–Crippen LogP) is 4.53. The highest BCUT2D eigenvalue weighted by molar-refractivity contribution is 4.78. The molecule has 19 heavy (non-hydrogen) atoms. The lowest BCUT2D eigenvalue weighted by Gasteiger charge is -2.30. The number of hydrogen-bond acceptors (Lipinski definition) is 2. The van der Waals surface area contributed by atoms with Crippen LogP contribution in [0.25, 0.3) is 0 Å². The van der Waals surface area contributed by atoms with Crippen molar-refractivity contribution in [2.45, 2.75) is 84.1 Å². The van der Waals surface area contributed by atoms with Gasteiger partial charge in [-0.15, -0.1) is 0 Å². The molecule has 0 aliphatic heterocycles. The summed E-state index contributed by atoms with van der Waals surface area (Å²) in [5.41, 5.74) is 0. The van der Waals surface area contributed by atoms with Gasteiger partial charge >= 0.3 is 0 Å². The van der Waals surface area contributed by atoms with Crippen molar-refractivity contribution in [2.75, 3.05) is 19.8 Å². The third-order valence-corrected chi connectivity index (χ3v) is 4.37. The van der Waals surface area contributed by atoms with E-state index in [-0.39, 0.29) is 0 Å². The lowest BCUT2D eigenvalue weighted by Crippen LogP contribution is -2.41. The number of nitrogens with one attached hydrogen (secondary N) is 1. The molecule has 0 aromatic heterocycles. The smallest absolute Gasteiger partial charge is 0.0622 e. The minimum Gasteiger partial charge on any atom is -0.380 e. The van der Waals surface area contributed by atoms with Crippen LogP contribution in [0.15, 0.2) is 0 Å². The van der Waals surface area contributed by atoms with Crippen molar-refractivity contribution in [1.29, 1.82) is 0 Å². The summed E-state index contributed by atoms with van der Waals surface area (Å²) < 4.78 is 5.92. The van der Waals surface area contributed by atoms with Crippen molar-refractivity contribution < 1.29 is 4.74 Å². The summed E-state index contributed by atoms with van der Waals surface area (Å²) in [6, 6.07) is 0.598. The van der Waals surface area contributed by atoms with Gasteiger partial charge in [0.1, 0.15) is 0 Å². The summed E-state index contributed by atoms with van der Waals surface area (Å²) in [4.78, 5) is 0. The fourth-order valence-corrected chi connectivity index (χ4v) is 3.18. The van der Waals surface area contributed by atoms with Crippen LogP contribution in [0.4, 0.5) is 0 Å². The van der Waals surface area contributed by atoms with Crippen molar-refractivity contribution in [3.8, 4) is 0 Å². The van der Waals surface area contributed by atoms with Gasteiger partial charge in [0.15, 0.2) is 0 Å². The van der Waals surface area contributed by atoms with E-state index in [1.54, 1.807) is 0 Å². The molecule has 0 spiro atoms. The molecule has 1 aliphatic carbocycles. The van der Waals surface area contributed by atoms with Gasteiger partial charge in [-0.1, -0.05) is 58.8 Å². The molecule has 0 radical (unpaired) electrons. The van der Waals surface area contributed by atoms with E-state index in [0.717, 1.165) is 25.7 Å². The number of ether oxygens (including phenoxy) is 1.